The van der Waals surface area contributed by atoms with Crippen LogP contribution in [-0.4, -0.2) is 27.3 Å². The summed E-state index contributed by atoms with van der Waals surface area (Å²) in [4.78, 5) is 12.0. The minimum Gasteiger partial charge on any atom is -0.467 e. The van der Waals surface area contributed by atoms with E-state index in [1.807, 2.05) is 30.3 Å². The number of aliphatic hydroxyl groups excluding tert-OH is 1. The molecule has 1 atom stereocenters. The van der Waals surface area contributed by atoms with Crippen LogP contribution in [0.1, 0.15) is 22.4 Å². The molecule has 2 heterocycles. The molecule has 1 unspecified atom stereocenters. The molecule has 0 saturated heterocycles. The second-order valence-electron chi connectivity index (χ2n) is 4.72. The molecule has 2 aromatic heterocycles. The van der Waals surface area contributed by atoms with Gasteiger partial charge in [0.2, 0.25) is 0 Å². The first kappa shape index (κ1) is 14.1. The van der Waals surface area contributed by atoms with E-state index in [9.17, 15) is 9.90 Å². The van der Waals surface area contributed by atoms with Gasteiger partial charge < -0.3 is 14.8 Å². The molecule has 3 rings (SSSR count). The van der Waals surface area contributed by atoms with Crippen LogP contribution in [0.3, 0.4) is 0 Å². The topological polar surface area (TPSA) is 80.3 Å². The number of carbonyl (C=O) groups is 1. The summed E-state index contributed by atoms with van der Waals surface area (Å²) in [7, 11) is 0. The third-order valence-electron chi connectivity index (χ3n) is 3.17. The molecule has 0 fully saturated rings. The summed E-state index contributed by atoms with van der Waals surface area (Å²) in [6, 6.07) is 14.5. The Hall–Kier alpha value is -2.86. The molecule has 0 aliphatic rings. The van der Waals surface area contributed by atoms with Gasteiger partial charge >= 0.3 is 0 Å². The van der Waals surface area contributed by atoms with E-state index in [0.717, 1.165) is 5.69 Å². The Labute approximate surface area is 127 Å². The Morgan fingerprint density at radius 1 is 1.23 bits per heavy atom. The maximum Gasteiger partial charge on any atom is 0.271 e. The number of hydrogen-bond donors (Lipinski definition) is 2. The van der Waals surface area contributed by atoms with E-state index in [1.54, 1.807) is 29.1 Å². The maximum atomic E-state index is 12.0. The van der Waals surface area contributed by atoms with Crippen molar-refractivity contribution in [2.45, 2.75) is 6.10 Å². The standard InChI is InChI=1S/C16H15N3O3/c20-14(15-7-4-10-22-15)11-17-16(21)13-8-9-19(18-13)12-5-2-1-3-6-12/h1-10,14,20H,11H2,(H,17,21). The van der Waals surface area contributed by atoms with Crippen molar-refractivity contribution in [1.82, 2.24) is 15.1 Å². The van der Waals surface area contributed by atoms with Gasteiger partial charge in [0.1, 0.15) is 11.9 Å². The van der Waals surface area contributed by atoms with Gasteiger partial charge in [-0.3, -0.25) is 4.79 Å². The van der Waals surface area contributed by atoms with Gasteiger partial charge in [-0.05, 0) is 30.3 Å². The Morgan fingerprint density at radius 2 is 2.05 bits per heavy atom. The molecule has 0 radical (unpaired) electrons. The monoisotopic (exact) mass is 297 g/mol. The lowest BCUT2D eigenvalue weighted by Crippen LogP contribution is -2.28. The summed E-state index contributed by atoms with van der Waals surface area (Å²) in [5.74, 6) is 0.0652. The summed E-state index contributed by atoms with van der Waals surface area (Å²) in [6.45, 7) is 0.0601. The lowest BCUT2D eigenvalue weighted by Gasteiger charge is -2.08. The second kappa shape index (κ2) is 6.28. The van der Waals surface area contributed by atoms with Crippen LogP contribution in [0.5, 0.6) is 0 Å². The molecular formula is C16H15N3O3. The van der Waals surface area contributed by atoms with Crippen LogP contribution >= 0.6 is 0 Å². The van der Waals surface area contributed by atoms with E-state index in [4.69, 9.17) is 4.42 Å². The molecule has 112 valence electrons. The summed E-state index contributed by atoms with van der Waals surface area (Å²) in [5, 5.41) is 16.7. The van der Waals surface area contributed by atoms with Crippen molar-refractivity contribution < 1.29 is 14.3 Å². The third kappa shape index (κ3) is 3.07. The van der Waals surface area contributed by atoms with Gasteiger partial charge in [0.05, 0.1) is 18.5 Å². The first-order valence-corrected chi connectivity index (χ1v) is 6.85. The first-order valence-electron chi connectivity index (χ1n) is 6.85. The fourth-order valence-corrected chi connectivity index (χ4v) is 2.03. The highest BCUT2D eigenvalue weighted by Gasteiger charge is 2.14. The molecule has 6 nitrogen and oxygen atoms in total. The first-order chi connectivity index (χ1) is 10.7. The van der Waals surface area contributed by atoms with Crippen LogP contribution in [0.2, 0.25) is 0 Å². The van der Waals surface area contributed by atoms with Gasteiger partial charge in [0.25, 0.3) is 5.91 Å². The minimum absolute atomic E-state index is 0.0601. The van der Waals surface area contributed by atoms with Crippen molar-refractivity contribution in [3.63, 3.8) is 0 Å². The van der Waals surface area contributed by atoms with E-state index >= 15 is 0 Å². The number of nitrogens with zero attached hydrogens (tertiary/aromatic N) is 2. The molecule has 22 heavy (non-hydrogen) atoms. The number of carbonyl (C=O) groups excluding carboxylic acids is 1. The number of amides is 1. The molecule has 0 aliphatic carbocycles. The van der Waals surface area contributed by atoms with E-state index < -0.39 is 6.10 Å². The van der Waals surface area contributed by atoms with Crippen molar-refractivity contribution >= 4 is 5.91 Å². The quantitative estimate of drug-likeness (QED) is 0.754. The highest BCUT2D eigenvalue weighted by Crippen LogP contribution is 2.12. The van der Waals surface area contributed by atoms with Gasteiger partial charge in [-0.1, -0.05) is 18.2 Å². The SMILES string of the molecule is O=C(NCC(O)c1ccco1)c1ccn(-c2ccccc2)n1. The fourth-order valence-electron chi connectivity index (χ4n) is 2.03. The molecule has 1 amide bonds. The average molecular weight is 297 g/mol. The largest absolute Gasteiger partial charge is 0.467 e. The van der Waals surface area contributed by atoms with Crippen LogP contribution in [0, 0.1) is 0 Å². The zero-order valence-corrected chi connectivity index (χ0v) is 11.7. The van der Waals surface area contributed by atoms with Crippen molar-refractivity contribution in [1.29, 1.82) is 0 Å². The molecule has 0 spiro atoms. The maximum absolute atomic E-state index is 12.0. The van der Waals surface area contributed by atoms with Crippen molar-refractivity contribution in [2.75, 3.05) is 6.54 Å². The molecule has 0 aliphatic heterocycles. The third-order valence-corrected chi connectivity index (χ3v) is 3.17. The van der Waals surface area contributed by atoms with Crippen LogP contribution in [0.25, 0.3) is 5.69 Å². The zero-order chi connectivity index (χ0) is 15.4. The predicted octanol–water partition coefficient (Wildman–Crippen LogP) is 1.93. The summed E-state index contributed by atoms with van der Waals surface area (Å²) < 4.78 is 6.70. The molecular weight excluding hydrogens is 282 g/mol. The molecule has 6 heteroatoms. The number of hydrogen-bond acceptors (Lipinski definition) is 4. The van der Waals surface area contributed by atoms with Gasteiger partial charge in [-0.15, -0.1) is 0 Å². The Morgan fingerprint density at radius 3 is 2.77 bits per heavy atom. The lowest BCUT2D eigenvalue weighted by molar-refractivity contribution is 0.0896. The van der Waals surface area contributed by atoms with Crippen LogP contribution in [0.4, 0.5) is 0 Å². The number of aromatic nitrogens is 2. The summed E-state index contributed by atoms with van der Waals surface area (Å²) in [5.41, 5.74) is 1.16. The van der Waals surface area contributed by atoms with Crippen LogP contribution in [-0.2, 0) is 0 Å². The summed E-state index contributed by atoms with van der Waals surface area (Å²) in [6.07, 6.45) is 2.31. The normalized spacial score (nSPS) is 12.0. The number of para-hydroxylation sites is 1. The summed E-state index contributed by atoms with van der Waals surface area (Å²) >= 11 is 0. The number of furan rings is 1. The molecule has 2 N–H and O–H groups in total. The van der Waals surface area contributed by atoms with Gasteiger partial charge in [0, 0.05) is 6.20 Å². The van der Waals surface area contributed by atoms with Gasteiger partial charge in [0.15, 0.2) is 5.69 Å². The second-order valence-corrected chi connectivity index (χ2v) is 4.72. The average Bonchev–Trinajstić information content (AvgIpc) is 3.24. The number of benzene rings is 1. The highest BCUT2D eigenvalue weighted by molar-refractivity contribution is 5.92. The predicted molar refractivity (Wildman–Crippen MR) is 79.6 cm³/mol. The smallest absolute Gasteiger partial charge is 0.271 e. The Balaban J connectivity index is 1.62. The molecule has 3 aromatic rings. The Kier molecular flexibility index (Phi) is 4.02. The van der Waals surface area contributed by atoms with Crippen LogP contribution in [0.15, 0.2) is 65.4 Å². The molecule has 1 aromatic carbocycles. The minimum atomic E-state index is -0.879. The number of rotatable bonds is 5. The molecule has 0 bridgehead atoms. The number of nitrogens with one attached hydrogen (secondary N) is 1. The highest BCUT2D eigenvalue weighted by atomic mass is 16.4. The zero-order valence-electron chi connectivity index (χ0n) is 11.7. The van der Waals surface area contributed by atoms with E-state index in [0.29, 0.717) is 5.76 Å². The lowest BCUT2D eigenvalue weighted by atomic mass is 10.2. The molecule has 0 saturated carbocycles. The van der Waals surface area contributed by atoms with Crippen LogP contribution < -0.4 is 5.32 Å². The van der Waals surface area contributed by atoms with Crippen molar-refractivity contribution in [3.05, 3.63) is 72.4 Å². The Bertz CT molecular complexity index is 735. The fraction of sp³-hybridized carbons (Fsp3) is 0.125. The number of aliphatic hydroxyl groups is 1. The van der Waals surface area contributed by atoms with Gasteiger partial charge in [-0.25, -0.2) is 4.68 Å². The van der Waals surface area contributed by atoms with Crippen molar-refractivity contribution in [3.8, 4) is 5.69 Å². The van der Waals surface area contributed by atoms with Gasteiger partial charge in [-0.2, -0.15) is 5.10 Å². The van der Waals surface area contributed by atoms with E-state index in [2.05, 4.69) is 10.4 Å². The van der Waals surface area contributed by atoms with E-state index in [1.165, 1.54) is 6.26 Å². The van der Waals surface area contributed by atoms with Crippen molar-refractivity contribution in [2.24, 2.45) is 0 Å². The van der Waals surface area contributed by atoms with E-state index in [-0.39, 0.29) is 18.1 Å².